The maximum Gasteiger partial charge on any atom is 0.130 e. The van der Waals surface area contributed by atoms with Gasteiger partial charge in [-0.15, -0.1) is 0 Å². The summed E-state index contributed by atoms with van der Waals surface area (Å²) in [7, 11) is 0. The van der Waals surface area contributed by atoms with E-state index >= 15 is 0 Å². The van der Waals surface area contributed by atoms with E-state index in [4.69, 9.17) is 29.0 Å². The fourth-order valence-corrected chi connectivity index (χ4v) is 6.88. The fraction of sp³-hybridized carbons (Fsp3) is 0.667. The van der Waals surface area contributed by atoms with Crippen molar-refractivity contribution in [3.05, 3.63) is 48.4 Å². The lowest BCUT2D eigenvalue weighted by Crippen LogP contribution is -2.50. The Morgan fingerprint density at radius 3 is 2.16 bits per heavy atom. The highest BCUT2D eigenvalue weighted by Gasteiger charge is 2.41. The smallest absolute Gasteiger partial charge is 0.130 e. The predicted molar refractivity (Wildman–Crippen MR) is 167 cm³/mol. The summed E-state index contributed by atoms with van der Waals surface area (Å²) in [4.78, 5) is 12.3. The van der Waals surface area contributed by atoms with Crippen molar-refractivity contribution in [2.75, 3.05) is 93.8 Å². The van der Waals surface area contributed by atoms with E-state index in [1.54, 1.807) is 6.07 Å². The van der Waals surface area contributed by atoms with E-state index in [-0.39, 0.29) is 12.4 Å². The second-order valence-corrected chi connectivity index (χ2v) is 11.6. The molecule has 0 saturated carbocycles. The van der Waals surface area contributed by atoms with Crippen LogP contribution in [0.4, 0.5) is 21.6 Å². The molecule has 0 aliphatic carbocycles. The summed E-state index contributed by atoms with van der Waals surface area (Å²) in [5.74, 6) is 0.892. The van der Waals surface area contributed by atoms with Gasteiger partial charge in [0.15, 0.2) is 0 Å². The summed E-state index contributed by atoms with van der Waals surface area (Å²) >= 11 is 0. The van der Waals surface area contributed by atoms with Gasteiger partial charge in [-0.3, -0.25) is 0 Å². The Kier molecular flexibility index (Phi) is 12.7. The topological polar surface area (TPSA) is 79.8 Å². The SMILES string of the molecule is OCCOCCOCCOCCOCCC1CCCCN1c1ccnc(N2CCC3C2CCCN3c2cccc(F)c2)c1. The molecule has 2 aromatic rings. The number of anilines is 3. The Labute approximate surface area is 255 Å². The van der Waals surface area contributed by atoms with Crippen LogP contribution >= 0.6 is 0 Å². The highest BCUT2D eigenvalue weighted by atomic mass is 19.1. The Balaban J connectivity index is 1.07. The van der Waals surface area contributed by atoms with Crippen LogP contribution in [-0.2, 0) is 18.9 Å². The molecule has 1 aromatic carbocycles. The van der Waals surface area contributed by atoms with E-state index < -0.39 is 0 Å². The lowest BCUT2D eigenvalue weighted by Gasteiger charge is -2.42. The van der Waals surface area contributed by atoms with Crippen LogP contribution in [0.25, 0.3) is 0 Å². The first-order valence-electron chi connectivity index (χ1n) is 16.2. The van der Waals surface area contributed by atoms with E-state index in [1.165, 1.54) is 31.0 Å². The number of piperidine rings is 2. The molecule has 3 unspecified atom stereocenters. The third-order valence-electron chi connectivity index (χ3n) is 8.88. The van der Waals surface area contributed by atoms with E-state index in [0.29, 0.717) is 71.0 Å². The lowest BCUT2D eigenvalue weighted by atomic mass is 9.96. The van der Waals surface area contributed by atoms with E-state index in [1.807, 2.05) is 18.3 Å². The lowest BCUT2D eigenvalue weighted by molar-refractivity contribution is -0.00611. The van der Waals surface area contributed by atoms with Crippen LogP contribution in [0.1, 0.15) is 44.9 Å². The molecule has 0 bridgehead atoms. The van der Waals surface area contributed by atoms with Crippen LogP contribution < -0.4 is 14.7 Å². The molecule has 0 amide bonds. The average molecular weight is 601 g/mol. The minimum absolute atomic E-state index is 0.0342. The van der Waals surface area contributed by atoms with Gasteiger partial charge in [-0.1, -0.05) is 6.07 Å². The number of benzene rings is 1. The monoisotopic (exact) mass is 600 g/mol. The minimum atomic E-state index is -0.169. The third kappa shape index (κ3) is 9.01. The molecule has 9 nitrogen and oxygen atoms in total. The average Bonchev–Trinajstić information content (AvgIpc) is 3.48. The molecule has 238 valence electrons. The maximum absolute atomic E-state index is 14.0. The quantitative estimate of drug-likeness (QED) is 0.268. The first-order valence-corrected chi connectivity index (χ1v) is 16.2. The van der Waals surface area contributed by atoms with Gasteiger partial charge in [-0.05, 0) is 69.2 Å². The molecule has 5 rings (SSSR count). The van der Waals surface area contributed by atoms with Gasteiger partial charge in [0.1, 0.15) is 11.6 Å². The van der Waals surface area contributed by atoms with Crippen LogP contribution in [0, 0.1) is 5.82 Å². The Bertz CT molecular complexity index is 1100. The number of pyridine rings is 1. The van der Waals surface area contributed by atoms with Crippen molar-refractivity contribution in [1.29, 1.82) is 0 Å². The number of aliphatic hydroxyl groups is 1. The van der Waals surface area contributed by atoms with Gasteiger partial charge in [0, 0.05) is 55.9 Å². The molecule has 0 radical (unpaired) electrons. The van der Waals surface area contributed by atoms with Crippen molar-refractivity contribution >= 4 is 17.2 Å². The number of hydrogen-bond donors (Lipinski definition) is 1. The van der Waals surface area contributed by atoms with Crippen LogP contribution in [0.3, 0.4) is 0 Å². The molecule has 1 aromatic heterocycles. The minimum Gasteiger partial charge on any atom is -0.394 e. The van der Waals surface area contributed by atoms with Gasteiger partial charge in [0.25, 0.3) is 0 Å². The highest BCUT2D eigenvalue weighted by Crippen LogP contribution is 2.37. The molecule has 4 heterocycles. The summed E-state index contributed by atoms with van der Waals surface area (Å²) in [5.41, 5.74) is 2.25. The van der Waals surface area contributed by atoms with Crippen LogP contribution in [-0.4, -0.2) is 107 Å². The zero-order chi connectivity index (χ0) is 29.7. The van der Waals surface area contributed by atoms with Crippen LogP contribution in [0.5, 0.6) is 0 Å². The Hall–Kier alpha value is -2.50. The van der Waals surface area contributed by atoms with Crippen LogP contribution in [0.2, 0.25) is 0 Å². The van der Waals surface area contributed by atoms with E-state index in [9.17, 15) is 4.39 Å². The fourth-order valence-electron chi connectivity index (χ4n) is 6.88. The van der Waals surface area contributed by atoms with Gasteiger partial charge in [0.2, 0.25) is 0 Å². The van der Waals surface area contributed by atoms with Crippen molar-refractivity contribution in [3.63, 3.8) is 0 Å². The number of ether oxygens (including phenoxy) is 4. The molecule has 0 spiro atoms. The van der Waals surface area contributed by atoms with E-state index in [2.05, 4.69) is 26.8 Å². The summed E-state index contributed by atoms with van der Waals surface area (Å²) in [5, 5.41) is 8.67. The number of aromatic nitrogens is 1. The molecule has 3 fully saturated rings. The number of hydrogen-bond acceptors (Lipinski definition) is 9. The number of aliphatic hydroxyl groups excluding tert-OH is 1. The Morgan fingerprint density at radius 2 is 1.40 bits per heavy atom. The molecule has 3 aliphatic heterocycles. The van der Waals surface area contributed by atoms with Crippen LogP contribution in [0.15, 0.2) is 42.6 Å². The van der Waals surface area contributed by atoms with E-state index in [0.717, 1.165) is 56.8 Å². The second-order valence-electron chi connectivity index (χ2n) is 11.6. The van der Waals surface area contributed by atoms with Gasteiger partial charge in [-0.2, -0.15) is 0 Å². The number of halogens is 1. The molecule has 10 heteroatoms. The third-order valence-corrected chi connectivity index (χ3v) is 8.88. The van der Waals surface area contributed by atoms with Crippen molar-refractivity contribution in [3.8, 4) is 0 Å². The zero-order valence-electron chi connectivity index (χ0n) is 25.5. The zero-order valence-corrected chi connectivity index (χ0v) is 25.5. The number of nitrogens with zero attached hydrogens (tertiary/aromatic N) is 4. The summed E-state index contributed by atoms with van der Waals surface area (Å²) in [6.45, 7) is 7.29. The standard InChI is InChI=1S/C33H49FN4O5/c34-27-5-3-7-29(25-27)37-14-4-8-31-32(37)10-15-38(31)33-26-30(9-12-35-33)36-13-2-1-6-28(36)11-17-40-19-21-42-23-24-43-22-20-41-18-16-39/h3,5,7,9,12,25-26,28,31-32,39H,1-2,4,6,8,10-11,13-24H2. The van der Waals surface area contributed by atoms with Gasteiger partial charge in [0.05, 0.1) is 64.9 Å². The Morgan fingerprint density at radius 1 is 0.698 bits per heavy atom. The first-order chi connectivity index (χ1) is 21.2. The molecule has 1 N–H and O–H groups in total. The van der Waals surface area contributed by atoms with Gasteiger partial charge in [-0.25, -0.2) is 9.37 Å². The van der Waals surface area contributed by atoms with Gasteiger partial charge >= 0.3 is 0 Å². The largest absolute Gasteiger partial charge is 0.394 e. The number of fused-ring (bicyclic) bond motifs is 1. The molecule has 3 atom stereocenters. The maximum atomic E-state index is 14.0. The summed E-state index contributed by atoms with van der Waals surface area (Å²) in [6.07, 6.45) is 9.89. The second kappa shape index (κ2) is 17.1. The van der Waals surface area contributed by atoms with Crippen molar-refractivity contribution in [1.82, 2.24) is 4.98 Å². The summed E-state index contributed by atoms with van der Waals surface area (Å²) in [6, 6.07) is 12.7. The molecule has 3 saturated heterocycles. The normalized spacial score (nSPS) is 22.3. The molecule has 43 heavy (non-hydrogen) atoms. The van der Waals surface area contributed by atoms with Crippen molar-refractivity contribution in [2.45, 2.75) is 63.1 Å². The number of rotatable bonds is 17. The first kappa shape index (κ1) is 31.9. The van der Waals surface area contributed by atoms with Crippen molar-refractivity contribution < 1.29 is 28.4 Å². The highest BCUT2D eigenvalue weighted by molar-refractivity contribution is 5.58. The molecular weight excluding hydrogens is 551 g/mol. The van der Waals surface area contributed by atoms with Crippen molar-refractivity contribution in [2.24, 2.45) is 0 Å². The summed E-state index contributed by atoms with van der Waals surface area (Å²) < 4.78 is 36.1. The van der Waals surface area contributed by atoms with Gasteiger partial charge < -0.3 is 38.8 Å². The molecule has 3 aliphatic rings. The predicted octanol–water partition coefficient (Wildman–Crippen LogP) is 4.28. The molecular formula is C33H49FN4O5.